The molecule has 15 heavy (non-hydrogen) atoms. The van der Waals surface area contributed by atoms with Crippen LogP contribution in [0.1, 0.15) is 10.7 Å². The molecular formula is C10H14N2O2S. The van der Waals surface area contributed by atoms with Gasteiger partial charge in [-0.3, -0.25) is 0 Å². The van der Waals surface area contributed by atoms with Gasteiger partial charge in [0.25, 0.3) is 0 Å². The maximum absolute atomic E-state index is 10.7. The summed E-state index contributed by atoms with van der Waals surface area (Å²) in [5.41, 5.74) is 1.08. The number of ether oxygens (including phenoxy) is 1. The molecule has 0 fully saturated rings. The first-order valence-corrected chi connectivity index (χ1v) is 5.49. The Morgan fingerprint density at radius 3 is 3.13 bits per heavy atom. The van der Waals surface area contributed by atoms with Crippen LogP contribution in [0, 0.1) is 6.92 Å². The zero-order chi connectivity index (χ0) is 11.1. The highest BCUT2D eigenvalue weighted by Gasteiger charge is 1.96. The number of esters is 1. The minimum atomic E-state index is -0.355. The van der Waals surface area contributed by atoms with E-state index in [-0.39, 0.29) is 5.97 Å². The van der Waals surface area contributed by atoms with Crippen LogP contribution in [0.3, 0.4) is 0 Å². The van der Waals surface area contributed by atoms with Crippen LogP contribution in [0.15, 0.2) is 17.7 Å². The third kappa shape index (κ3) is 4.60. The number of rotatable bonds is 5. The minimum Gasteiger partial charge on any atom is -0.466 e. The summed E-state index contributed by atoms with van der Waals surface area (Å²) in [6, 6.07) is 0. The second kappa shape index (κ2) is 6.19. The number of nitrogens with zero attached hydrogens (tertiary/aromatic N) is 1. The van der Waals surface area contributed by atoms with E-state index in [0.29, 0.717) is 0 Å². The predicted molar refractivity (Wildman–Crippen MR) is 59.7 cm³/mol. The Labute approximate surface area is 93.0 Å². The van der Waals surface area contributed by atoms with Gasteiger partial charge in [0.2, 0.25) is 0 Å². The van der Waals surface area contributed by atoms with Crippen LogP contribution in [0.5, 0.6) is 0 Å². The summed E-state index contributed by atoms with van der Waals surface area (Å²) in [7, 11) is 1.35. The molecule has 0 atom stereocenters. The molecule has 4 nitrogen and oxygen atoms in total. The van der Waals surface area contributed by atoms with Crippen molar-refractivity contribution in [1.29, 1.82) is 0 Å². The molecule has 1 aromatic rings. The summed E-state index contributed by atoms with van der Waals surface area (Å²) in [6.07, 6.45) is 3.80. The lowest BCUT2D eigenvalue weighted by Gasteiger charge is -1.97. The van der Waals surface area contributed by atoms with Crippen molar-refractivity contribution in [2.45, 2.75) is 13.3 Å². The first-order valence-electron chi connectivity index (χ1n) is 4.61. The van der Waals surface area contributed by atoms with E-state index in [1.165, 1.54) is 13.2 Å². The average molecular weight is 226 g/mol. The maximum atomic E-state index is 10.7. The van der Waals surface area contributed by atoms with Crippen molar-refractivity contribution < 1.29 is 9.53 Å². The molecule has 0 amide bonds. The van der Waals surface area contributed by atoms with E-state index < -0.39 is 0 Å². The fourth-order valence-electron chi connectivity index (χ4n) is 1.00. The monoisotopic (exact) mass is 226 g/mol. The minimum absolute atomic E-state index is 0.355. The van der Waals surface area contributed by atoms with Gasteiger partial charge in [0.15, 0.2) is 0 Å². The average Bonchev–Trinajstić information content (AvgIpc) is 2.63. The van der Waals surface area contributed by atoms with Crippen LogP contribution < -0.4 is 5.32 Å². The maximum Gasteiger partial charge on any atom is 0.331 e. The molecule has 0 bridgehead atoms. The molecule has 0 spiro atoms. The summed E-state index contributed by atoms with van der Waals surface area (Å²) in [4.78, 5) is 15.0. The van der Waals surface area contributed by atoms with Crippen LogP contribution in [0.2, 0.25) is 0 Å². The van der Waals surface area contributed by atoms with E-state index in [9.17, 15) is 4.79 Å². The lowest BCUT2D eigenvalue weighted by molar-refractivity contribution is -0.134. The molecule has 0 aliphatic carbocycles. The van der Waals surface area contributed by atoms with Crippen molar-refractivity contribution in [3.63, 3.8) is 0 Å². The first kappa shape index (κ1) is 11.7. The smallest absolute Gasteiger partial charge is 0.331 e. The number of aromatic nitrogens is 1. The normalized spacial score (nSPS) is 10.5. The van der Waals surface area contributed by atoms with Gasteiger partial charge in [-0.15, -0.1) is 11.3 Å². The number of nitrogens with one attached hydrogen (secondary N) is 1. The molecule has 82 valence electrons. The van der Waals surface area contributed by atoms with Crippen molar-refractivity contribution in [1.82, 2.24) is 10.3 Å². The van der Waals surface area contributed by atoms with Crippen molar-refractivity contribution >= 4 is 17.3 Å². The Morgan fingerprint density at radius 1 is 1.73 bits per heavy atom. The van der Waals surface area contributed by atoms with Gasteiger partial charge in [0.05, 0.1) is 17.8 Å². The molecule has 1 aromatic heterocycles. The number of aryl methyl sites for hydroxylation is 1. The Hall–Kier alpha value is -1.36. The van der Waals surface area contributed by atoms with Gasteiger partial charge < -0.3 is 10.1 Å². The second-order valence-electron chi connectivity index (χ2n) is 2.92. The van der Waals surface area contributed by atoms with E-state index in [1.54, 1.807) is 17.5 Å². The van der Waals surface area contributed by atoms with Gasteiger partial charge in [-0.2, -0.15) is 0 Å². The van der Waals surface area contributed by atoms with Crippen molar-refractivity contribution in [3.8, 4) is 0 Å². The van der Waals surface area contributed by atoms with Crippen LogP contribution >= 0.6 is 11.3 Å². The van der Waals surface area contributed by atoms with Gasteiger partial charge in [0, 0.05) is 30.6 Å². The third-order valence-electron chi connectivity index (χ3n) is 1.73. The SMILES string of the molecule is COC(=O)/C=C/NCCc1csc(C)n1. The Kier molecular flexibility index (Phi) is 4.83. The molecule has 5 heteroatoms. The standard InChI is InChI=1S/C10H14N2O2S/c1-8-12-9(7-15-8)3-5-11-6-4-10(13)14-2/h4,6-7,11H,3,5H2,1-2H3/b6-4+. The number of hydrogen-bond donors (Lipinski definition) is 1. The van der Waals surface area contributed by atoms with E-state index >= 15 is 0 Å². The van der Waals surface area contributed by atoms with Crippen molar-refractivity contribution in [2.75, 3.05) is 13.7 Å². The third-order valence-corrected chi connectivity index (χ3v) is 2.55. The number of carbonyl (C=O) groups is 1. The van der Waals surface area contributed by atoms with Gasteiger partial charge in [0.1, 0.15) is 0 Å². The van der Waals surface area contributed by atoms with E-state index in [4.69, 9.17) is 0 Å². The van der Waals surface area contributed by atoms with Crippen LogP contribution in [-0.2, 0) is 16.0 Å². The van der Waals surface area contributed by atoms with E-state index in [1.807, 2.05) is 12.3 Å². The van der Waals surface area contributed by atoms with Crippen LogP contribution in [0.4, 0.5) is 0 Å². The van der Waals surface area contributed by atoms with Gasteiger partial charge >= 0.3 is 5.97 Å². The second-order valence-corrected chi connectivity index (χ2v) is 3.98. The molecule has 0 saturated heterocycles. The molecule has 0 unspecified atom stereocenters. The Bertz CT molecular complexity index is 347. The van der Waals surface area contributed by atoms with Crippen molar-refractivity contribution in [2.24, 2.45) is 0 Å². The van der Waals surface area contributed by atoms with E-state index in [0.717, 1.165) is 23.7 Å². The Balaban J connectivity index is 2.17. The number of hydrogen-bond acceptors (Lipinski definition) is 5. The molecule has 0 radical (unpaired) electrons. The quantitative estimate of drug-likeness (QED) is 0.466. The number of carbonyl (C=O) groups excluding carboxylic acids is 1. The topological polar surface area (TPSA) is 51.2 Å². The number of methoxy groups -OCH3 is 1. The van der Waals surface area contributed by atoms with Gasteiger partial charge in [-0.1, -0.05) is 0 Å². The van der Waals surface area contributed by atoms with Gasteiger partial charge in [-0.25, -0.2) is 9.78 Å². The summed E-state index contributed by atoms with van der Waals surface area (Å²) in [5, 5.41) is 6.11. The summed E-state index contributed by atoms with van der Waals surface area (Å²) < 4.78 is 4.44. The molecule has 1 rings (SSSR count). The zero-order valence-electron chi connectivity index (χ0n) is 8.82. The highest BCUT2D eigenvalue weighted by atomic mass is 32.1. The first-order chi connectivity index (χ1) is 7.22. The number of thiazole rings is 1. The molecule has 0 saturated carbocycles. The molecule has 0 aliphatic heterocycles. The lowest BCUT2D eigenvalue weighted by atomic mass is 10.3. The Morgan fingerprint density at radius 2 is 2.53 bits per heavy atom. The van der Waals surface area contributed by atoms with Crippen LogP contribution in [-0.4, -0.2) is 24.6 Å². The molecule has 1 heterocycles. The molecule has 0 aromatic carbocycles. The molecule has 1 N–H and O–H groups in total. The predicted octanol–water partition coefficient (Wildman–Crippen LogP) is 1.27. The fraction of sp³-hybridized carbons (Fsp3) is 0.400. The zero-order valence-corrected chi connectivity index (χ0v) is 9.63. The summed E-state index contributed by atoms with van der Waals surface area (Å²) in [6.45, 7) is 2.75. The van der Waals surface area contributed by atoms with Gasteiger partial charge in [-0.05, 0) is 6.92 Å². The lowest BCUT2D eigenvalue weighted by Crippen LogP contribution is -2.11. The van der Waals surface area contributed by atoms with Crippen LogP contribution in [0.25, 0.3) is 0 Å². The largest absolute Gasteiger partial charge is 0.466 e. The highest BCUT2D eigenvalue weighted by Crippen LogP contribution is 2.07. The van der Waals surface area contributed by atoms with Crippen molar-refractivity contribution in [3.05, 3.63) is 28.4 Å². The molecular weight excluding hydrogens is 212 g/mol. The molecule has 0 aliphatic rings. The summed E-state index contributed by atoms with van der Waals surface area (Å²) >= 11 is 1.65. The highest BCUT2D eigenvalue weighted by molar-refractivity contribution is 7.09. The fourth-order valence-corrected chi connectivity index (χ4v) is 1.65. The summed E-state index contributed by atoms with van der Waals surface area (Å²) in [5.74, 6) is -0.355. The van der Waals surface area contributed by atoms with E-state index in [2.05, 4.69) is 15.0 Å².